The Morgan fingerprint density at radius 3 is 2.56 bits per heavy atom. The van der Waals surface area contributed by atoms with Gasteiger partial charge >= 0.3 is 0 Å². The number of rotatable bonds is 5. The van der Waals surface area contributed by atoms with Gasteiger partial charge in [0.25, 0.3) is 11.5 Å². The van der Waals surface area contributed by atoms with Gasteiger partial charge in [-0.3, -0.25) is 9.59 Å². The number of aromatic amines is 1. The second-order valence-electron chi connectivity index (χ2n) is 4.79. The van der Waals surface area contributed by atoms with Crippen molar-refractivity contribution in [1.29, 1.82) is 0 Å². The predicted molar refractivity (Wildman–Crippen MR) is 69.5 cm³/mol. The first-order chi connectivity index (χ1) is 8.41. The number of likely N-dealkylation sites (N-methyl/N-ethyl adjacent to an activating group) is 1. The van der Waals surface area contributed by atoms with Crippen LogP contribution in [0, 0.1) is 5.92 Å². The van der Waals surface area contributed by atoms with Crippen LogP contribution in [-0.4, -0.2) is 47.7 Å². The second kappa shape index (κ2) is 6.30. The molecule has 0 radical (unpaired) electrons. The maximum atomic E-state index is 11.8. The van der Waals surface area contributed by atoms with Gasteiger partial charge in [0, 0.05) is 18.7 Å². The second-order valence-corrected chi connectivity index (χ2v) is 4.79. The molecular formula is C12H20N4O2. The average Bonchev–Trinajstić information content (AvgIpc) is 2.28. The van der Waals surface area contributed by atoms with Crippen LogP contribution < -0.4 is 10.9 Å². The maximum absolute atomic E-state index is 11.8. The Kier molecular flexibility index (Phi) is 5.03. The Balaban J connectivity index is 2.60. The molecule has 0 aliphatic carbocycles. The van der Waals surface area contributed by atoms with E-state index in [-0.39, 0.29) is 23.2 Å². The topological polar surface area (TPSA) is 78.1 Å². The standard InChI is InChI=1S/C12H20N4O2/c1-8(2)10(16(3)4)7-13-12(18)9-5-6-11(17)15-14-9/h5-6,8,10H,7H2,1-4H3,(H,13,18)(H,15,17)/t10-/m0/s1. The van der Waals surface area contributed by atoms with E-state index in [1.54, 1.807) is 0 Å². The summed E-state index contributed by atoms with van der Waals surface area (Å²) in [5.41, 5.74) is -0.101. The van der Waals surface area contributed by atoms with E-state index in [1.165, 1.54) is 12.1 Å². The Hall–Kier alpha value is -1.69. The van der Waals surface area contributed by atoms with Crippen LogP contribution in [0.2, 0.25) is 0 Å². The Bertz CT molecular complexity index is 425. The summed E-state index contributed by atoms with van der Waals surface area (Å²) in [5, 5.41) is 8.74. The number of nitrogens with zero attached hydrogens (tertiary/aromatic N) is 2. The predicted octanol–water partition coefficient (Wildman–Crippen LogP) is 0.0859. The molecule has 2 N–H and O–H groups in total. The zero-order valence-electron chi connectivity index (χ0n) is 11.2. The molecule has 6 heteroatoms. The van der Waals surface area contributed by atoms with E-state index in [4.69, 9.17) is 0 Å². The number of amides is 1. The quantitative estimate of drug-likeness (QED) is 0.778. The van der Waals surface area contributed by atoms with Crippen LogP contribution in [0.4, 0.5) is 0 Å². The fourth-order valence-electron chi connectivity index (χ4n) is 1.77. The highest BCUT2D eigenvalue weighted by atomic mass is 16.2. The smallest absolute Gasteiger partial charge is 0.271 e. The number of hydrogen-bond donors (Lipinski definition) is 2. The fraction of sp³-hybridized carbons (Fsp3) is 0.583. The molecule has 1 amide bonds. The first-order valence-electron chi connectivity index (χ1n) is 5.92. The third-order valence-electron chi connectivity index (χ3n) is 2.82. The lowest BCUT2D eigenvalue weighted by molar-refractivity contribution is 0.0928. The monoisotopic (exact) mass is 252 g/mol. The number of nitrogens with one attached hydrogen (secondary N) is 2. The molecule has 0 aliphatic rings. The number of carbonyl (C=O) groups is 1. The van der Waals surface area contributed by atoms with Crippen LogP contribution >= 0.6 is 0 Å². The first kappa shape index (κ1) is 14.4. The molecule has 0 fully saturated rings. The summed E-state index contributed by atoms with van der Waals surface area (Å²) in [4.78, 5) is 24.7. The molecule has 0 unspecified atom stereocenters. The Labute approximate surface area is 106 Å². The molecule has 0 saturated carbocycles. The minimum Gasteiger partial charge on any atom is -0.349 e. The van der Waals surface area contributed by atoms with Crippen molar-refractivity contribution < 1.29 is 4.79 Å². The number of carbonyl (C=O) groups excluding carboxylic acids is 1. The van der Waals surface area contributed by atoms with Crippen LogP contribution in [0.15, 0.2) is 16.9 Å². The molecule has 18 heavy (non-hydrogen) atoms. The lowest BCUT2D eigenvalue weighted by Crippen LogP contribution is -2.43. The molecular weight excluding hydrogens is 232 g/mol. The van der Waals surface area contributed by atoms with Crippen molar-refractivity contribution >= 4 is 5.91 Å². The summed E-state index contributed by atoms with van der Waals surface area (Å²) in [6.45, 7) is 4.76. The van der Waals surface area contributed by atoms with Crippen molar-refractivity contribution in [2.45, 2.75) is 19.9 Å². The van der Waals surface area contributed by atoms with Crippen LogP contribution in [-0.2, 0) is 0 Å². The van der Waals surface area contributed by atoms with Crippen LogP contribution in [0.3, 0.4) is 0 Å². The lowest BCUT2D eigenvalue weighted by atomic mass is 10.0. The van der Waals surface area contributed by atoms with E-state index < -0.39 is 0 Å². The molecule has 1 rings (SSSR count). The van der Waals surface area contributed by atoms with E-state index >= 15 is 0 Å². The summed E-state index contributed by atoms with van der Waals surface area (Å²) in [7, 11) is 3.96. The van der Waals surface area contributed by atoms with Crippen molar-refractivity contribution in [3.63, 3.8) is 0 Å². The van der Waals surface area contributed by atoms with E-state index in [0.29, 0.717) is 12.5 Å². The molecule has 0 aliphatic heterocycles. The van der Waals surface area contributed by atoms with Crippen molar-refractivity contribution in [3.8, 4) is 0 Å². The van der Waals surface area contributed by atoms with E-state index in [0.717, 1.165) is 0 Å². The molecule has 0 aromatic carbocycles. The summed E-state index contributed by atoms with van der Waals surface area (Å²) >= 11 is 0. The summed E-state index contributed by atoms with van der Waals surface area (Å²) in [6, 6.07) is 2.96. The summed E-state index contributed by atoms with van der Waals surface area (Å²) in [6.07, 6.45) is 0. The van der Waals surface area contributed by atoms with Crippen molar-refractivity contribution in [3.05, 3.63) is 28.2 Å². The van der Waals surface area contributed by atoms with E-state index in [9.17, 15) is 9.59 Å². The van der Waals surface area contributed by atoms with Crippen LogP contribution in [0.25, 0.3) is 0 Å². The molecule has 100 valence electrons. The van der Waals surface area contributed by atoms with Gasteiger partial charge in [0.15, 0.2) is 0 Å². The number of hydrogen-bond acceptors (Lipinski definition) is 4. The molecule has 0 saturated heterocycles. The van der Waals surface area contributed by atoms with Gasteiger partial charge in [0.05, 0.1) is 0 Å². The lowest BCUT2D eigenvalue weighted by Gasteiger charge is -2.27. The van der Waals surface area contributed by atoms with E-state index in [1.807, 2.05) is 14.1 Å². The zero-order valence-corrected chi connectivity index (χ0v) is 11.2. The van der Waals surface area contributed by atoms with Gasteiger partial charge < -0.3 is 10.2 Å². The molecule has 0 bridgehead atoms. The maximum Gasteiger partial charge on any atom is 0.271 e. The average molecular weight is 252 g/mol. The summed E-state index contributed by atoms with van der Waals surface area (Å²) in [5.74, 6) is 0.155. The molecule has 0 spiro atoms. The highest BCUT2D eigenvalue weighted by Crippen LogP contribution is 2.06. The zero-order chi connectivity index (χ0) is 13.7. The minimum absolute atomic E-state index is 0.218. The van der Waals surface area contributed by atoms with Gasteiger partial charge in [0.1, 0.15) is 5.69 Å². The minimum atomic E-state index is -0.320. The number of aromatic nitrogens is 2. The number of H-pyrrole nitrogens is 1. The third kappa shape index (κ3) is 3.96. The van der Waals surface area contributed by atoms with Gasteiger partial charge in [-0.2, -0.15) is 5.10 Å². The third-order valence-corrected chi connectivity index (χ3v) is 2.82. The SMILES string of the molecule is CC(C)[C@H](CNC(=O)c1ccc(=O)[nH]n1)N(C)C. The molecule has 1 heterocycles. The molecule has 6 nitrogen and oxygen atoms in total. The normalized spacial score (nSPS) is 12.8. The van der Waals surface area contributed by atoms with Gasteiger partial charge in [-0.1, -0.05) is 13.8 Å². The highest BCUT2D eigenvalue weighted by Gasteiger charge is 2.17. The Morgan fingerprint density at radius 1 is 1.44 bits per heavy atom. The van der Waals surface area contributed by atoms with Gasteiger partial charge in [-0.15, -0.1) is 0 Å². The van der Waals surface area contributed by atoms with Gasteiger partial charge in [-0.05, 0) is 26.1 Å². The molecule has 1 aromatic heterocycles. The molecule has 1 atom stereocenters. The van der Waals surface area contributed by atoms with Crippen molar-refractivity contribution in [2.75, 3.05) is 20.6 Å². The Morgan fingerprint density at radius 2 is 2.11 bits per heavy atom. The fourth-order valence-corrected chi connectivity index (χ4v) is 1.77. The molecule has 1 aromatic rings. The van der Waals surface area contributed by atoms with Gasteiger partial charge in [-0.25, -0.2) is 5.10 Å². The largest absolute Gasteiger partial charge is 0.349 e. The summed E-state index contributed by atoms with van der Waals surface area (Å²) < 4.78 is 0. The highest BCUT2D eigenvalue weighted by molar-refractivity contribution is 5.91. The first-order valence-corrected chi connectivity index (χ1v) is 5.92. The van der Waals surface area contributed by atoms with Crippen molar-refractivity contribution in [1.82, 2.24) is 20.4 Å². The van der Waals surface area contributed by atoms with E-state index in [2.05, 4.69) is 34.3 Å². The van der Waals surface area contributed by atoms with Crippen molar-refractivity contribution in [2.24, 2.45) is 5.92 Å². The van der Waals surface area contributed by atoms with Crippen LogP contribution in [0.1, 0.15) is 24.3 Å². The van der Waals surface area contributed by atoms with Crippen LogP contribution in [0.5, 0.6) is 0 Å². The van der Waals surface area contributed by atoms with Gasteiger partial charge in [0.2, 0.25) is 0 Å².